The Hall–Kier alpha value is -0.920. The second kappa shape index (κ2) is 6.02. The number of nitrogen functional groups attached to an aromatic ring is 1. The molecule has 1 fully saturated rings. The van der Waals surface area contributed by atoms with Crippen molar-refractivity contribution in [3.8, 4) is 0 Å². The SMILES string of the molecule is CNS(=O)(=O)c1cc(N)ccc1NC1CCSCC1. The van der Waals surface area contributed by atoms with Crippen LogP contribution in [-0.2, 0) is 10.0 Å². The van der Waals surface area contributed by atoms with Gasteiger partial charge in [-0.2, -0.15) is 11.8 Å². The van der Waals surface area contributed by atoms with Crippen molar-refractivity contribution in [2.24, 2.45) is 0 Å². The van der Waals surface area contributed by atoms with Crippen LogP contribution in [0.3, 0.4) is 0 Å². The van der Waals surface area contributed by atoms with Gasteiger partial charge in [0.1, 0.15) is 4.90 Å². The smallest absolute Gasteiger partial charge is 0.242 e. The summed E-state index contributed by atoms with van der Waals surface area (Å²) in [7, 11) is -2.10. The number of benzene rings is 1. The Balaban J connectivity index is 2.29. The summed E-state index contributed by atoms with van der Waals surface area (Å²) in [5.41, 5.74) is 6.76. The molecular formula is C12H19N3O2S2. The van der Waals surface area contributed by atoms with E-state index in [4.69, 9.17) is 5.73 Å². The van der Waals surface area contributed by atoms with Crippen LogP contribution in [-0.4, -0.2) is 33.0 Å². The largest absolute Gasteiger partial charge is 0.399 e. The number of sulfonamides is 1. The first-order chi connectivity index (χ1) is 9.03. The van der Waals surface area contributed by atoms with Crippen LogP contribution in [0.4, 0.5) is 11.4 Å². The number of thioether (sulfide) groups is 1. The lowest BCUT2D eigenvalue weighted by Gasteiger charge is -2.25. The van der Waals surface area contributed by atoms with E-state index in [0.29, 0.717) is 17.4 Å². The van der Waals surface area contributed by atoms with Crippen molar-refractivity contribution in [1.82, 2.24) is 4.72 Å². The molecule has 0 spiro atoms. The van der Waals surface area contributed by atoms with Crippen LogP contribution in [0.15, 0.2) is 23.1 Å². The minimum atomic E-state index is -3.50. The third kappa shape index (κ3) is 3.55. The minimum Gasteiger partial charge on any atom is -0.399 e. The van der Waals surface area contributed by atoms with E-state index in [9.17, 15) is 8.42 Å². The van der Waals surface area contributed by atoms with Gasteiger partial charge in [0.15, 0.2) is 0 Å². The Labute approximate surface area is 118 Å². The van der Waals surface area contributed by atoms with E-state index in [1.165, 1.54) is 13.1 Å². The molecule has 106 valence electrons. The Morgan fingerprint density at radius 2 is 2.00 bits per heavy atom. The van der Waals surface area contributed by atoms with Gasteiger partial charge in [0, 0.05) is 11.7 Å². The Bertz CT molecular complexity index is 540. The second-order valence-electron chi connectivity index (χ2n) is 4.49. The van der Waals surface area contributed by atoms with Crippen molar-refractivity contribution in [3.05, 3.63) is 18.2 Å². The van der Waals surface area contributed by atoms with Gasteiger partial charge in [-0.1, -0.05) is 0 Å². The van der Waals surface area contributed by atoms with Gasteiger partial charge in [-0.15, -0.1) is 0 Å². The van der Waals surface area contributed by atoms with Gasteiger partial charge in [-0.3, -0.25) is 0 Å². The first kappa shape index (κ1) is 14.5. The quantitative estimate of drug-likeness (QED) is 0.734. The summed E-state index contributed by atoms with van der Waals surface area (Å²) in [5, 5.41) is 3.33. The van der Waals surface area contributed by atoms with Gasteiger partial charge in [0.25, 0.3) is 0 Å². The summed E-state index contributed by atoms with van der Waals surface area (Å²) < 4.78 is 26.3. The van der Waals surface area contributed by atoms with Gasteiger partial charge in [0.2, 0.25) is 10.0 Å². The molecule has 7 heteroatoms. The lowest BCUT2D eigenvalue weighted by molar-refractivity contribution is 0.588. The average molecular weight is 301 g/mol. The van der Waals surface area contributed by atoms with Crippen LogP contribution >= 0.6 is 11.8 Å². The van der Waals surface area contributed by atoms with Crippen molar-refractivity contribution >= 4 is 33.2 Å². The Morgan fingerprint density at radius 1 is 1.32 bits per heavy atom. The molecular weight excluding hydrogens is 282 g/mol. The predicted octanol–water partition coefficient (Wildman–Crippen LogP) is 1.48. The first-order valence-electron chi connectivity index (χ1n) is 6.20. The van der Waals surface area contributed by atoms with Gasteiger partial charge >= 0.3 is 0 Å². The van der Waals surface area contributed by atoms with E-state index in [2.05, 4.69) is 10.0 Å². The molecule has 0 atom stereocenters. The van der Waals surface area contributed by atoms with E-state index in [0.717, 1.165) is 24.3 Å². The topological polar surface area (TPSA) is 84.2 Å². The van der Waals surface area contributed by atoms with Crippen LogP contribution in [0.5, 0.6) is 0 Å². The molecule has 1 aromatic rings. The van der Waals surface area contributed by atoms with Gasteiger partial charge in [0.05, 0.1) is 5.69 Å². The predicted molar refractivity (Wildman–Crippen MR) is 81.1 cm³/mol. The number of rotatable bonds is 4. The Morgan fingerprint density at radius 3 is 2.63 bits per heavy atom. The lowest BCUT2D eigenvalue weighted by Crippen LogP contribution is -2.27. The van der Waals surface area contributed by atoms with E-state index in [-0.39, 0.29) is 4.90 Å². The molecule has 4 N–H and O–H groups in total. The zero-order valence-corrected chi connectivity index (χ0v) is 12.5. The molecule has 0 aromatic heterocycles. The summed E-state index contributed by atoms with van der Waals surface area (Å²) >= 11 is 1.94. The maximum absolute atomic E-state index is 12.0. The molecule has 2 rings (SSSR count). The molecule has 0 saturated carbocycles. The molecule has 5 nitrogen and oxygen atoms in total. The number of nitrogens with two attached hydrogens (primary N) is 1. The van der Waals surface area contributed by atoms with E-state index in [1.807, 2.05) is 11.8 Å². The monoisotopic (exact) mass is 301 g/mol. The highest BCUT2D eigenvalue weighted by Gasteiger charge is 2.20. The van der Waals surface area contributed by atoms with E-state index in [1.54, 1.807) is 12.1 Å². The zero-order valence-electron chi connectivity index (χ0n) is 10.8. The molecule has 1 heterocycles. The number of nitrogens with one attached hydrogen (secondary N) is 2. The van der Waals surface area contributed by atoms with Crippen molar-refractivity contribution in [2.45, 2.75) is 23.8 Å². The van der Waals surface area contributed by atoms with Crippen LogP contribution < -0.4 is 15.8 Å². The van der Waals surface area contributed by atoms with Crippen molar-refractivity contribution in [3.63, 3.8) is 0 Å². The maximum Gasteiger partial charge on any atom is 0.242 e. The summed E-state index contributed by atoms with van der Waals surface area (Å²) in [4.78, 5) is 0.216. The summed E-state index contributed by atoms with van der Waals surface area (Å²) in [6.45, 7) is 0. The molecule has 0 bridgehead atoms. The molecule has 1 saturated heterocycles. The van der Waals surface area contributed by atoms with E-state index < -0.39 is 10.0 Å². The normalized spacial score (nSPS) is 17.3. The van der Waals surface area contributed by atoms with Crippen molar-refractivity contribution < 1.29 is 8.42 Å². The highest BCUT2D eigenvalue weighted by molar-refractivity contribution is 7.99. The highest BCUT2D eigenvalue weighted by Crippen LogP contribution is 2.27. The number of hydrogen-bond acceptors (Lipinski definition) is 5. The fourth-order valence-electron chi connectivity index (χ4n) is 2.05. The maximum atomic E-state index is 12.0. The summed E-state index contributed by atoms with van der Waals surface area (Å²) in [6.07, 6.45) is 2.10. The molecule has 19 heavy (non-hydrogen) atoms. The molecule has 1 aromatic carbocycles. The molecule has 1 aliphatic rings. The summed E-state index contributed by atoms with van der Waals surface area (Å²) in [6, 6.07) is 5.28. The molecule has 0 amide bonds. The Kier molecular flexibility index (Phi) is 4.59. The fourth-order valence-corrected chi connectivity index (χ4v) is 4.09. The zero-order chi connectivity index (χ0) is 13.9. The van der Waals surface area contributed by atoms with Crippen LogP contribution in [0.1, 0.15) is 12.8 Å². The standard InChI is InChI=1S/C12H19N3O2S2/c1-14-19(16,17)12-8-9(13)2-3-11(12)15-10-4-6-18-7-5-10/h2-3,8,10,14-15H,4-7,13H2,1H3. The second-order valence-corrected chi connectivity index (χ2v) is 7.57. The third-order valence-corrected chi connectivity index (χ3v) is 5.65. The molecule has 0 unspecified atom stereocenters. The van der Waals surface area contributed by atoms with Crippen LogP contribution in [0, 0.1) is 0 Å². The fraction of sp³-hybridized carbons (Fsp3) is 0.500. The van der Waals surface area contributed by atoms with Gasteiger partial charge < -0.3 is 11.1 Å². The third-order valence-electron chi connectivity index (χ3n) is 3.14. The van der Waals surface area contributed by atoms with Crippen LogP contribution in [0.25, 0.3) is 0 Å². The van der Waals surface area contributed by atoms with Gasteiger partial charge in [-0.05, 0) is 49.6 Å². The molecule has 0 aliphatic carbocycles. The van der Waals surface area contributed by atoms with Gasteiger partial charge in [-0.25, -0.2) is 13.1 Å². The van der Waals surface area contributed by atoms with Crippen molar-refractivity contribution in [2.75, 3.05) is 29.6 Å². The summed E-state index contributed by atoms with van der Waals surface area (Å²) in [5.74, 6) is 2.22. The van der Waals surface area contributed by atoms with Crippen molar-refractivity contribution in [1.29, 1.82) is 0 Å². The van der Waals surface area contributed by atoms with E-state index >= 15 is 0 Å². The molecule has 0 radical (unpaired) electrons. The number of anilines is 2. The minimum absolute atomic E-state index is 0.216. The number of hydrogen-bond donors (Lipinski definition) is 3. The average Bonchev–Trinajstić information content (AvgIpc) is 2.42. The highest BCUT2D eigenvalue weighted by atomic mass is 32.2. The lowest BCUT2D eigenvalue weighted by atomic mass is 10.1. The molecule has 1 aliphatic heterocycles. The van der Waals surface area contributed by atoms with Crippen LogP contribution in [0.2, 0.25) is 0 Å². The first-order valence-corrected chi connectivity index (χ1v) is 8.84.